The van der Waals surface area contributed by atoms with Gasteiger partial charge in [-0.3, -0.25) is 4.99 Å². The van der Waals surface area contributed by atoms with E-state index in [-0.39, 0.29) is 24.5 Å². The zero-order chi connectivity index (χ0) is 15.8. The first-order valence-electron chi connectivity index (χ1n) is 6.34. The summed E-state index contributed by atoms with van der Waals surface area (Å²) in [6.07, 6.45) is 1.18. The number of aliphatic imine (C=N–C) groups is 1. The third kappa shape index (κ3) is 5.07. The molecule has 0 atom stereocenters. The Morgan fingerprint density at radius 3 is 2.38 bits per heavy atom. The molecule has 0 radical (unpaired) electrons. The van der Waals surface area contributed by atoms with Gasteiger partial charge in [0.1, 0.15) is 5.75 Å². The van der Waals surface area contributed by atoms with Gasteiger partial charge < -0.3 is 14.6 Å². The molecule has 0 amide bonds. The van der Waals surface area contributed by atoms with Gasteiger partial charge in [-0.2, -0.15) is 0 Å². The van der Waals surface area contributed by atoms with E-state index < -0.39 is 18.0 Å². The second-order valence-electron chi connectivity index (χ2n) is 3.89. The Bertz CT molecular complexity index is 526. The van der Waals surface area contributed by atoms with Crippen molar-refractivity contribution in [3.63, 3.8) is 0 Å². The van der Waals surface area contributed by atoms with Gasteiger partial charge in [0.05, 0.1) is 13.2 Å². The largest absolute Gasteiger partial charge is 0.507 e. The molecule has 1 rings (SSSR count). The second-order valence-corrected chi connectivity index (χ2v) is 4.32. The number of rotatable bonds is 6. The normalized spacial score (nSPS) is 10.9. The molecule has 1 N–H and O–H groups in total. The van der Waals surface area contributed by atoms with Gasteiger partial charge in [-0.05, 0) is 32.0 Å². The molecule has 0 aliphatic rings. The molecule has 7 heteroatoms. The predicted octanol–water partition coefficient (Wildman–Crippen LogP) is 1.96. The highest BCUT2D eigenvalue weighted by Crippen LogP contribution is 2.19. The molecular formula is C14H16ClNO5. The lowest BCUT2D eigenvalue weighted by atomic mass is 10.2. The SMILES string of the molecule is CCOC(=O)C(/N=C/c1cc(Cl)ccc1O)C(=O)OCC. The number of halogens is 1. The summed E-state index contributed by atoms with van der Waals surface area (Å²) in [6.45, 7) is 3.47. The van der Waals surface area contributed by atoms with Crippen LogP contribution in [0.2, 0.25) is 5.02 Å². The van der Waals surface area contributed by atoms with E-state index in [0.717, 1.165) is 0 Å². The Morgan fingerprint density at radius 2 is 1.86 bits per heavy atom. The highest BCUT2D eigenvalue weighted by Gasteiger charge is 2.28. The maximum Gasteiger partial charge on any atom is 0.342 e. The van der Waals surface area contributed by atoms with Crippen molar-refractivity contribution in [3.8, 4) is 5.75 Å². The van der Waals surface area contributed by atoms with Crippen LogP contribution in [-0.4, -0.2) is 42.5 Å². The molecule has 6 nitrogen and oxygen atoms in total. The molecule has 0 aliphatic heterocycles. The van der Waals surface area contributed by atoms with Crippen LogP contribution >= 0.6 is 11.6 Å². The van der Waals surface area contributed by atoms with Crippen LogP contribution in [0, 0.1) is 0 Å². The van der Waals surface area contributed by atoms with E-state index >= 15 is 0 Å². The van der Waals surface area contributed by atoms with E-state index in [1.807, 2.05) is 0 Å². The third-order valence-corrected chi connectivity index (χ3v) is 2.61. The van der Waals surface area contributed by atoms with E-state index in [1.54, 1.807) is 13.8 Å². The van der Waals surface area contributed by atoms with Gasteiger partial charge in [-0.1, -0.05) is 11.6 Å². The fraction of sp³-hybridized carbons (Fsp3) is 0.357. The van der Waals surface area contributed by atoms with E-state index in [9.17, 15) is 14.7 Å². The first-order chi connectivity index (χ1) is 9.99. The summed E-state index contributed by atoms with van der Waals surface area (Å²) >= 11 is 5.80. The highest BCUT2D eigenvalue weighted by molar-refractivity contribution is 6.30. The van der Waals surface area contributed by atoms with Crippen LogP contribution in [0.1, 0.15) is 19.4 Å². The zero-order valence-corrected chi connectivity index (χ0v) is 12.5. The molecule has 0 bridgehead atoms. The maximum atomic E-state index is 11.7. The number of nitrogens with zero attached hydrogens (tertiary/aromatic N) is 1. The van der Waals surface area contributed by atoms with E-state index in [4.69, 9.17) is 21.1 Å². The van der Waals surface area contributed by atoms with Gasteiger partial charge >= 0.3 is 11.9 Å². The van der Waals surface area contributed by atoms with Gasteiger partial charge in [0.25, 0.3) is 0 Å². The molecule has 0 heterocycles. The standard InChI is InChI=1S/C14H16ClNO5/c1-3-20-13(18)12(14(19)21-4-2)16-8-9-7-10(15)5-6-11(9)17/h5-8,12,17H,3-4H2,1-2H3/b16-8+. The maximum absolute atomic E-state index is 11.7. The predicted molar refractivity (Wildman–Crippen MR) is 77.8 cm³/mol. The van der Waals surface area contributed by atoms with Gasteiger partial charge in [0.15, 0.2) is 0 Å². The zero-order valence-electron chi connectivity index (χ0n) is 11.7. The Kier molecular flexibility index (Phi) is 6.68. The molecule has 0 aliphatic carbocycles. The van der Waals surface area contributed by atoms with Crippen LogP contribution in [0.5, 0.6) is 5.75 Å². The lowest BCUT2D eigenvalue weighted by Gasteiger charge is -2.10. The lowest BCUT2D eigenvalue weighted by Crippen LogP contribution is -2.32. The Morgan fingerprint density at radius 1 is 1.29 bits per heavy atom. The van der Waals surface area contributed by atoms with Gasteiger partial charge in [-0.25, -0.2) is 9.59 Å². The van der Waals surface area contributed by atoms with Crippen molar-refractivity contribution in [2.75, 3.05) is 13.2 Å². The number of phenolic OH excluding ortho intramolecular Hbond substituents is 1. The van der Waals surface area contributed by atoms with E-state index in [1.165, 1.54) is 24.4 Å². The topological polar surface area (TPSA) is 85.2 Å². The van der Waals surface area contributed by atoms with Crippen LogP contribution in [-0.2, 0) is 19.1 Å². The second kappa shape index (κ2) is 8.26. The Hall–Kier alpha value is -2.08. The van der Waals surface area contributed by atoms with Crippen molar-refractivity contribution < 1.29 is 24.2 Å². The fourth-order valence-electron chi connectivity index (χ4n) is 1.44. The van der Waals surface area contributed by atoms with Crippen LogP contribution in [0.15, 0.2) is 23.2 Å². The van der Waals surface area contributed by atoms with E-state index in [0.29, 0.717) is 5.02 Å². The fourth-order valence-corrected chi connectivity index (χ4v) is 1.62. The number of carbonyl (C=O) groups is 2. The molecular weight excluding hydrogens is 298 g/mol. The van der Waals surface area contributed by atoms with Crippen molar-refractivity contribution in [1.29, 1.82) is 0 Å². The minimum absolute atomic E-state index is 0.0744. The number of esters is 2. The molecule has 1 aromatic carbocycles. The van der Waals surface area contributed by atoms with Gasteiger partial charge in [0.2, 0.25) is 6.04 Å². The Balaban J connectivity index is 2.99. The summed E-state index contributed by atoms with van der Waals surface area (Å²) in [5.74, 6) is -1.70. The first kappa shape index (κ1) is 17.0. The van der Waals surface area contributed by atoms with Crippen LogP contribution in [0.25, 0.3) is 0 Å². The number of hydrogen-bond acceptors (Lipinski definition) is 6. The molecule has 0 aromatic heterocycles. The summed E-state index contributed by atoms with van der Waals surface area (Å²) < 4.78 is 9.54. The average molecular weight is 314 g/mol. The first-order valence-corrected chi connectivity index (χ1v) is 6.72. The van der Waals surface area contributed by atoms with Crippen LogP contribution in [0.4, 0.5) is 0 Å². The quantitative estimate of drug-likeness (QED) is 0.493. The minimum atomic E-state index is -1.43. The number of phenols is 1. The molecule has 0 saturated heterocycles. The lowest BCUT2D eigenvalue weighted by molar-refractivity contribution is -0.156. The molecule has 0 spiro atoms. The minimum Gasteiger partial charge on any atom is -0.507 e. The number of carbonyl (C=O) groups excluding carboxylic acids is 2. The van der Waals surface area contributed by atoms with Crippen molar-refractivity contribution in [2.45, 2.75) is 19.9 Å². The van der Waals surface area contributed by atoms with Crippen molar-refractivity contribution >= 4 is 29.8 Å². The third-order valence-electron chi connectivity index (χ3n) is 2.37. The average Bonchev–Trinajstić information content (AvgIpc) is 2.43. The summed E-state index contributed by atoms with van der Waals surface area (Å²) in [4.78, 5) is 27.3. The smallest absolute Gasteiger partial charge is 0.342 e. The highest BCUT2D eigenvalue weighted by atomic mass is 35.5. The van der Waals surface area contributed by atoms with E-state index in [2.05, 4.69) is 4.99 Å². The van der Waals surface area contributed by atoms with Crippen LogP contribution < -0.4 is 0 Å². The number of hydrogen-bond donors (Lipinski definition) is 1. The van der Waals surface area contributed by atoms with Crippen molar-refractivity contribution in [2.24, 2.45) is 4.99 Å². The van der Waals surface area contributed by atoms with Crippen molar-refractivity contribution in [1.82, 2.24) is 0 Å². The molecule has 0 unspecified atom stereocenters. The molecule has 0 fully saturated rings. The number of benzene rings is 1. The van der Waals surface area contributed by atoms with Gasteiger partial charge in [0, 0.05) is 16.8 Å². The van der Waals surface area contributed by atoms with Crippen LogP contribution in [0.3, 0.4) is 0 Å². The molecule has 1 aromatic rings. The molecule has 114 valence electrons. The monoisotopic (exact) mass is 313 g/mol. The molecule has 21 heavy (non-hydrogen) atoms. The summed E-state index contributed by atoms with van der Waals surface area (Å²) in [7, 11) is 0. The summed E-state index contributed by atoms with van der Waals surface area (Å²) in [5.41, 5.74) is 0.279. The van der Waals surface area contributed by atoms with Gasteiger partial charge in [-0.15, -0.1) is 0 Å². The number of aromatic hydroxyl groups is 1. The Labute approximate surface area is 127 Å². The van der Waals surface area contributed by atoms with Crippen molar-refractivity contribution in [3.05, 3.63) is 28.8 Å². The summed E-state index contributed by atoms with van der Waals surface area (Å²) in [6, 6.07) is 2.91. The molecule has 0 saturated carbocycles. The number of ether oxygens (including phenoxy) is 2. The summed E-state index contributed by atoms with van der Waals surface area (Å²) in [5, 5.41) is 10.0.